The quantitative estimate of drug-likeness (QED) is 0.321. The molecular formula is C30H32F3N7O2. The summed E-state index contributed by atoms with van der Waals surface area (Å²) in [6.07, 6.45) is 6.14. The number of carbonyl (C=O) groups excluding carboxylic acids is 1. The fraction of sp³-hybridized carbons (Fsp3) is 0.433. The van der Waals surface area contributed by atoms with Crippen molar-refractivity contribution < 1.29 is 22.7 Å². The molecule has 2 aromatic heterocycles. The Morgan fingerprint density at radius 3 is 2.81 bits per heavy atom. The molecule has 1 aliphatic heterocycles. The van der Waals surface area contributed by atoms with Gasteiger partial charge in [-0.2, -0.15) is 10.2 Å². The number of unbranched alkanes of at least 4 members (excludes halogenated alkanes) is 1. The second-order valence-electron chi connectivity index (χ2n) is 10.9. The number of rotatable bonds is 11. The van der Waals surface area contributed by atoms with Crippen LogP contribution >= 0.6 is 0 Å². The van der Waals surface area contributed by atoms with Crippen LogP contribution in [0, 0.1) is 5.92 Å². The molecule has 1 fully saturated rings. The molecule has 3 heterocycles. The van der Waals surface area contributed by atoms with Crippen molar-refractivity contribution in [3.8, 4) is 5.75 Å². The Morgan fingerprint density at radius 2 is 2.02 bits per heavy atom. The molecule has 0 unspecified atom stereocenters. The number of amides is 1. The van der Waals surface area contributed by atoms with Crippen molar-refractivity contribution in [3.05, 3.63) is 82.0 Å². The molecule has 42 heavy (non-hydrogen) atoms. The molecule has 3 aliphatic rings. The first-order valence-corrected chi connectivity index (χ1v) is 14.3. The molecule has 2 aliphatic carbocycles. The van der Waals surface area contributed by atoms with E-state index in [4.69, 9.17) is 0 Å². The van der Waals surface area contributed by atoms with E-state index >= 15 is 0 Å². The lowest BCUT2D eigenvalue weighted by Crippen LogP contribution is -2.23. The van der Waals surface area contributed by atoms with Crippen molar-refractivity contribution in [2.75, 3.05) is 13.1 Å². The van der Waals surface area contributed by atoms with Gasteiger partial charge in [0.15, 0.2) is 5.69 Å². The lowest BCUT2D eigenvalue weighted by Gasteiger charge is -2.18. The van der Waals surface area contributed by atoms with Crippen LogP contribution in [0.2, 0.25) is 0 Å². The minimum absolute atomic E-state index is 0.0236. The van der Waals surface area contributed by atoms with Gasteiger partial charge in [0.1, 0.15) is 5.75 Å². The third-order valence-corrected chi connectivity index (χ3v) is 7.75. The number of nitrogens with zero attached hydrogens (tertiary/aromatic N) is 5. The van der Waals surface area contributed by atoms with Crippen molar-refractivity contribution in [2.45, 2.75) is 64.4 Å². The molecule has 0 bridgehead atoms. The molecule has 0 saturated heterocycles. The number of nitrogens with one attached hydrogen (secondary N) is 2. The van der Waals surface area contributed by atoms with Crippen LogP contribution in [-0.2, 0) is 25.9 Å². The van der Waals surface area contributed by atoms with Crippen LogP contribution in [-0.4, -0.2) is 50.6 Å². The van der Waals surface area contributed by atoms with E-state index in [1.807, 2.05) is 0 Å². The summed E-state index contributed by atoms with van der Waals surface area (Å²) < 4.78 is 42.9. The Kier molecular flexibility index (Phi) is 8.05. The zero-order valence-electron chi connectivity index (χ0n) is 23.1. The minimum atomic E-state index is -4.78. The van der Waals surface area contributed by atoms with Crippen molar-refractivity contribution in [3.63, 3.8) is 0 Å². The molecule has 12 heteroatoms. The fourth-order valence-corrected chi connectivity index (χ4v) is 5.59. The summed E-state index contributed by atoms with van der Waals surface area (Å²) >= 11 is 0. The predicted octanol–water partition coefficient (Wildman–Crippen LogP) is 4.56. The number of benzene rings is 1. The minimum Gasteiger partial charge on any atom is -0.406 e. The maximum atomic E-state index is 12.5. The van der Waals surface area contributed by atoms with E-state index in [1.165, 1.54) is 47.8 Å². The zero-order chi connectivity index (χ0) is 29.1. The maximum absolute atomic E-state index is 12.5. The van der Waals surface area contributed by atoms with Crippen LogP contribution in [0.1, 0.15) is 65.1 Å². The van der Waals surface area contributed by atoms with Gasteiger partial charge in [0, 0.05) is 31.6 Å². The van der Waals surface area contributed by atoms with Crippen LogP contribution in [0.4, 0.5) is 13.2 Å². The Morgan fingerprint density at radius 1 is 1.14 bits per heavy atom. The molecule has 1 amide bonds. The molecule has 6 rings (SSSR count). The summed E-state index contributed by atoms with van der Waals surface area (Å²) in [4.78, 5) is 12.5. The SMILES string of the molecule is O=C(NCc1cccc(OC(F)(F)F)c1)c1cn(CCCCc2cc3c(nn2)CC(C2CC2)=C3C2=CCNCC2)nn1. The number of ether oxygens (including phenoxy) is 1. The normalized spacial score (nSPS) is 16.8. The maximum Gasteiger partial charge on any atom is 0.573 e. The largest absolute Gasteiger partial charge is 0.573 e. The summed E-state index contributed by atoms with van der Waals surface area (Å²) in [7, 11) is 0. The standard InChI is InChI=1S/C30H32F3N7O2/c31-30(32,33)42-23-6-3-4-19(14-23)17-35-29(41)27-18-40(39-38-27)13-2-1-5-22-15-25-26(37-36-22)16-24(20-7-8-20)28(25)21-9-11-34-12-10-21/h3-4,6,9,14-15,18,20,34H,1-2,5,7-8,10-13,16-17H2,(H,35,41). The highest BCUT2D eigenvalue weighted by Gasteiger charge is 2.35. The number of fused-ring (bicyclic) bond motifs is 1. The number of halogens is 3. The van der Waals surface area contributed by atoms with Crippen molar-refractivity contribution in [2.24, 2.45) is 5.92 Å². The molecule has 2 N–H and O–H groups in total. The number of alkyl halides is 3. The van der Waals surface area contributed by atoms with Crippen LogP contribution < -0.4 is 15.4 Å². The summed E-state index contributed by atoms with van der Waals surface area (Å²) in [5.41, 5.74) is 8.39. The van der Waals surface area contributed by atoms with Gasteiger partial charge < -0.3 is 15.4 Å². The van der Waals surface area contributed by atoms with Crippen LogP contribution in [0.25, 0.3) is 5.57 Å². The Labute approximate surface area is 241 Å². The van der Waals surface area contributed by atoms with E-state index in [0.717, 1.165) is 56.6 Å². The summed E-state index contributed by atoms with van der Waals surface area (Å²) in [6.45, 7) is 2.54. The second kappa shape index (κ2) is 12.0. The predicted molar refractivity (Wildman–Crippen MR) is 148 cm³/mol. The van der Waals surface area contributed by atoms with Gasteiger partial charge in [-0.1, -0.05) is 29.0 Å². The Bertz CT molecular complexity index is 1530. The number of aromatic nitrogens is 5. The van der Waals surface area contributed by atoms with Crippen molar-refractivity contribution in [1.29, 1.82) is 0 Å². The molecule has 1 aromatic carbocycles. The van der Waals surface area contributed by atoms with Crippen molar-refractivity contribution in [1.82, 2.24) is 35.8 Å². The van der Waals surface area contributed by atoms with Gasteiger partial charge in [-0.15, -0.1) is 18.3 Å². The van der Waals surface area contributed by atoms with E-state index in [-0.39, 0.29) is 18.0 Å². The number of carbonyl (C=O) groups is 1. The molecule has 0 radical (unpaired) electrons. The highest BCUT2D eigenvalue weighted by Crippen LogP contribution is 2.48. The summed E-state index contributed by atoms with van der Waals surface area (Å²) in [6, 6.07) is 7.69. The second-order valence-corrected chi connectivity index (χ2v) is 10.9. The molecule has 1 saturated carbocycles. The average molecular weight is 580 g/mol. The molecule has 9 nitrogen and oxygen atoms in total. The Hall–Kier alpha value is -4.06. The van der Waals surface area contributed by atoms with Crippen molar-refractivity contribution >= 4 is 11.5 Å². The molecule has 0 atom stereocenters. The topological polar surface area (TPSA) is 107 Å². The number of hydrogen-bond acceptors (Lipinski definition) is 7. The first-order chi connectivity index (χ1) is 20.3. The number of hydrogen-bond donors (Lipinski definition) is 2. The van der Waals surface area contributed by atoms with Crippen LogP contribution in [0.5, 0.6) is 5.75 Å². The number of allylic oxidation sites excluding steroid dienone is 2. The van der Waals surface area contributed by atoms with E-state index in [1.54, 1.807) is 22.5 Å². The van der Waals surface area contributed by atoms with E-state index in [9.17, 15) is 18.0 Å². The van der Waals surface area contributed by atoms with Gasteiger partial charge in [-0.3, -0.25) is 9.48 Å². The highest BCUT2D eigenvalue weighted by atomic mass is 19.4. The van der Waals surface area contributed by atoms with E-state index < -0.39 is 12.3 Å². The van der Waals surface area contributed by atoms with Gasteiger partial charge in [0.25, 0.3) is 5.91 Å². The van der Waals surface area contributed by atoms with Gasteiger partial charge in [0.2, 0.25) is 0 Å². The Balaban J connectivity index is 0.995. The molecule has 3 aromatic rings. The van der Waals surface area contributed by atoms with Crippen LogP contribution in [0.3, 0.4) is 0 Å². The van der Waals surface area contributed by atoms with Gasteiger partial charge >= 0.3 is 6.36 Å². The van der Waals surface area contributed by atoms with Gasteiger partial charge in [-0.25, -0.2) is 0 Å². The average Bonchev–Trinajstić information content (AvgIpc) is 3.59. The molecule has 220 valence electrons. The molecule has 0 spiro atoms. The fourth-order valence-electron chi connectivity index (χ4n) is 5.59. The number of aryl methyl sites for hydroxylation is 2. The van der Waals surface area contributed by atoms with Crippen LogP contribution in [0.15, 0.2) is 53.8 Å². The smallest absolute Gasteiger partial charge is 0.406 e. The third-order valence-electron chi connectivity index (χ3n) is 7.75. The van der Waals surface area contributed by atoms with E-state index in [0.29, 0.717) is 18.0 Å². The first kappa shape index (κ1) is 28.1. The van der Waals surface area contributed by atoms with E-state index in [2.05, 4.69) is 48.0 Å². The van der Waals surface area contributed by atoms with Gasteiger partial charge in [0.05, 0.1) is 17.6 Å². The summed E-state index contributed by atoms with van der Waals surface area (Å²) in [5, 5.41) is 23.2. The monoisotopic (exact) mass is 579 g/mol. The highest BCUT2D eigenvalue weighted by molar-refractivity contribution is 5.91. The molecular weight excluding hydrogens is 547 g/mol. The third kappa shape index (κ3) is 6.87. The van der Waals surface area contributed by atoms with Gasteiger partial charge in [-0.05, 0) is 85.9 Å². The zero-order valence-corrected chi connectivity index (χ0v) is 23.1. The summed E-state index contributed by atoms with van der Waals surface area (Å²) in [5.74, 6) is -0.104. The lowest BCUT2D eigenvalue weighted by atomic mass is 9.92. The first-order valence-electron chi connectivity index (χ1n) is 14.3. The lowest BCUT2D eigenvalue weighted by molar-refractivity contribution is -0.274.